The molecule has 0 spiro atoms. The van der Waals surface area contributed by atoms with Crippen molar-refractivity contribution in [1.82, 2.24) is 5.32 Å². The third-order valence-corrected chi connectivity index (χ3v) is 3.42. The molecule has 1 amide bonds. The van der Waals surface area contributed by atoms with Crippen molar-refractivity contribution >= 4 is 40.4 Å². The number of nitrogens with two attached hydrogens (primary N) is 1. The van der Waals surface area contributed by atoms with Crippen LogP contribution in [0, 0.1) is 0 Å². The predicted molar refractivity (Wildman–Crippen MR) is 77.2 cm³/mol. The molecule has 1 heterocycles. The summed E-state index contributed by atoms with van der Waals surface area (Å²) in [4.78, 5) is 13.7. The Bertz CT molecular complexity index is 492. The number of carbonyl (C=O) groups excluding carboxylic acids is 1. The summed E-state index contributed by atoms with van der Waals surface area (Å²) in [6.45, 7) is 2.04. The van der Waals surface area contributed by atoms with Crippen LogP contribution in [0.2, 0.25) is 5.02 Å². The third-order valence-electron chi connectivity index (χ3n) is 2.89. The molecule has 0 aromatic heterocycles. The fraction of sp³-hybridized carbons (Fsp3) is 0.333. The molecule has 0 saturated carbocycles. The number of amides is 1. The molecule has 1 aliphatic heterocycles. The van der Waals surface area contributed by atoms with Crippen LogP contribution in [-0.4, -0.2) is 30.5 Å². The second-order valence-electron chi connectivity index (χ2n) is 4.12. The summed E-state index contributed by atoms with van der Waals surface area (Å²) in [7, 11) is 0. The zero-order valence-electron chi connectivity index (χ0n) is 9.78. The van der Waals surface area contributed by atoms with E-state index in [1.54, 1.807) is 6.07 Å². The van der Waals surface area contributed by atoms with E-state index in [0.717, 1.165) is 17.8 Å². The molecule has 1 saturated heterocycles. The van der Waals surface area contributed by atoms with Gasteiger partial charge < -0.3 is 16.0 Å². The topological polar surface area (TPSA) is 58.4 Å². The van der Waals surface area contributed by atoms with Crippen LogP contribution in [0.5, 0.6) is 0 Å². The van der Waals surface area contributed by atoms with Crippen LogP contribution in [-0.2, 0) is 4.79 Å². The molecule has 0 radical (unpaired) electrons. The van der Waals surface area contributed by atoms with E-state index >= 15 is 0 Å². The van der Waals surface area contributed by atoms with Crippen molar-refractivity contribution in [3.8, 4) is 0 Å². The van der Waals surface area contributed by atoms with Crippen molar-refractivity contribution in [3.63, 3.8) is 0 Å². The number of hydrogen-bond acceptors (Lipinski definition) is 3. The molecule has 6 heteroatoms. The SMILES string of the molecule is NC(=S)c1ccc(N2CCNC(=O)CC2)c(Cl)c1. The van der Waals surface area contributed by atoms with Gasteiger partial charge in [-0.05, 0) is 18.2 Å². The first-order valence-electron chi connectivity index (χ1n) is 5.69. The Morgan fingerprint density at radius 1 is 1.44 bits per heavy atom. The van der Waals surface area contributed by atoms with E-state index in [1.807, 2.05) is 12.1 Å². The quantitative estimate of drug-likeness (QED) is 0.804. The van der Waals surface area contributed by atoms with E-state index < -0.39 is 0 Å². The molecule has 3 N–H and O–H groups in total. The summed E-state index contributed by atoms with van der Waals surface area (Å²) in [5.74, 6) is 0.0772. The van der Waals surface area contributed by atoms with Crippen molar-refractivity contribution < 1.29 is 4.79 Å². The molecule has 0 unspecified atom stereocenters. The largest absolute Gasteiger partial charge is 0.389 e. The van der Waals surface area contributed by atoms with Gasteiger partial charge in [0.2, 0.25) is 5.91 Å². The van der Waals surface area contributed by atoms with Crippen LogP contribution in [0.4, 0.5) is 5.69 Å². The Labute approximate surface area is 116 Å². The van der Waals surface area contributed by atoms with Crippen molar-refractivity contribution in [3.05, 3.63) is 28.8 Å². The third kappa shape index (κ3) is 2.91. The molecular formula is C12H14ClN3OS. The van der Waals surface area contributed by atoms with Crippen LogP contribution < -0.4 is 16.0 Å². The molecule has 0 bridgehead atoms. The highest BCUT2D eigenvalue weighted by Crippen LogP contribution is 2.27. The Hall–Kier alpha value is -1.33. The first kappa shape index (κ1) is 13.1. The summed E-state index contributed by atoms with van der Waals surface area (Å²) in [6.07, 6.45) is 0.480. The lowest BCUT2D eigenvalue weighted by Crippen LogP contribution is -2.28. The van der Waals surface area contributed by atoms with E-state index in [1.165, 1.54) is 0 Å². The van der Waals surface area contributed by atoms with Gasteiger partial charge in [0, 0.05) is 31.6 Å². The number of hydrogen-bond donors (Lipinski definition) is 2. The van der Waals surface area contributed by atoms with Gasteiger partial charge in [-0.2, -0.15) is 0 Å². The Balaban J connectivity index is 2.22. The van der Waals surface area contributed by atoms with Gasteiger partial charge in [-0.25, -0.2) is 0 Å². The monoisotopic (exact) mass is 283 g/mol. The maximum Gasteiger partial charge on any atom is 0.221 e. The summed E-state index contributed by atoms with van der Waals surface area (Å²) in [5.41, 5.74) is 7.22. The first-order valence-corrected chi connectivity index (χ1v) is 6.47. The fourth-order valence-corrected chi connectivity index (χ4v) is 2.35. The van der Waals surface area contributed by atoms with Gasteiger partial charge in [-0.1, -0.05) is 23.8 Å². The molecule has 0 atom stereocenters. The molecular weight excluding hydrogens is 270 g/mol. The van der Waals surface area contributed by atoms with Gasteiger partial charge >= 0.3 is 0 Å². The van der Waals surface area contributed by atoms with Crippen molar-refractivity contribution in [2.75, 3.05) is 24.5 Å². The van der Waals surface area contributed by atoms with Gasteiger partial charge in [0.25, 0.3) is 0 Å². The molecule has 1 fully saturated rings. The number of anilines is 1. The molecule has 96 valence electrons. The highest BCUT2D eigenvalue weighted by Gasteiger charge is 2.16. The minimum absolute atomic E-state index is 0.0772. The normalized spacial score (nSPS) is 16.1. The predicted octanol–water partition coefficient (Wildman–Crippen LogP) is 1.30. The Kier molecular flexibility index (Phi) is 4.04. The van der Waals surface area contributed by atoms with Crippen molar-refractivity contribution in [2.24, 2.45) is 5.73 Å². The molecule has 2 rings (SSSR count). The Morgan fingerprint density at radius 2 is 2.22 bits per heavy atom. The highest BCUT2D eigenvalue weighted by molar-refractivity contribution is 7.80. The molecule has 4 nitrogen and oxygen atoms in total. The first-order chi connectivity index (χ1) is 8.58. The molecule has 1 aromatic rings. The number of thiocarbonyl (C=S) groups is 1. The minimum atomic E-state index is 0.0772. The average Bonchev–Trinajstić information content (AvgIpc) is 2.54. The molecule has 18 heavy (non-hydrogen) atoms. The van der Waals surface area contributed by atoms with E-state index in [0.29, 0.717) is 29.5 Å². The van der Waals surface area contributed by atoms with Crippen molar-refractivity contribution in [1.29, 1.82) is 0 Å². The number of nitrogens with zero attached hydrogens (tertiary/aromatic N) is 1. The van der Waals surface area contributed by atoms with E-state index in [-0.39, 0.29) is 5.91 Å². The molecule has 0 aliphatic carbocycles. The van der Waals surface area contributed by atoms with Gasteiger partial charge in [0.1, 0.15) is 4.99 Å². The highest BCUT2D eigenvalue weighted by atomic mass is 35.5. The number of halogens is 1. The maximum atomic E-state index is 11.3. The lowest BCUT2D eigenvalue weighted by Gasteiger charge is -2.23. The molecule has 1 aromatic carbocycles. The van der Waals surface area contributed by atoms with Crippen LogP contribution in [0.25, 0.3) is 0 Å². The van der Waals surface area contributed by atoms with Gasteiger partial charge in [0.15, 0.2) is 0 Å². The van der Waals surface area contributed by atoms with Crippen LogP contribution in [0.1, 0.15) is 12.0 Å². The number of rotatable bonds is 2. The van der Waals surface area contributed by atoms with Crippen LogP contribution in [0.3, 0.4) is 0 Å². The lowest BCUT2D eigenvalue weighted by atomic mass is 10.2. The maximum absolute atomic E-state index is 11.3. The van der Waals surface area contributed by atoms with Gasteiger partial charge in [0.05, 0.1) is 10.7 Å². The summed E-state index contributed by atoms with van der Waals surface area (Å²) >= 11 is 11.1. The second kappa shape index (κ2) is 5.54. The minimum Gasteiger partial charge on any atom is -0.389 e. The Morgan fingerprint density at radius 3 is 2.89 bits per heavy atom. The summed E-state index contributed by atoms with van der Waals surface area (Å²) < 4.78 is 0. The fourth-order valence-electron chi connectivity index (χ4n) is 1.92. The van der Waals surface area contributed by atoms with E-state index in [9.17, 15) is 4.79 Å². The van der Waals surface area contributed by atoms with E-state index in [2.05, 4.69) is 10.2 Å². The van der Waals surface area contributed by atoms with Gasteiger partial charge in [-0.3, -0.25) is 4.79 Å². The van der Waals surface area contributed by atoms with Crippen molar-refractivity contribution in [2.45, 2.75) is 6.42 Å². The van der Waals surface area contributed by atoms with E-state index in [4.69, 9.17) is 29.6 Å². The number of nitrogens with one attached hydrogen (secondary N) is 1. The summed E-state index contributed by atoms with van der Waals surface area (Å²) in [5, 5.41) is 3.44. The number of benzene rings is 1. The average molecular weight is 284 g/mol. The lowest BCUT2D eigenvalue weighted by molar-refractivity contribution is -0.120. The second-order valence-corrected chi connectivity index (χ2v) is 4.96. The zero-order chi connectivity index (χ0) is 13.1. The van der Waals surface area contributed by atoms with Crippen LogP contribution >= 0.6 is 23.8 Å². The summed E-state index contributed by atoms with van der Waals surface area (Å²) in [6, 6.07) is 5.51. The van der Waals surface area contributed by atoms with Crippen LogP contribution in [0.15, 0.2) is 18.2 Å². The standard InChI is InChI=1S/C12H14ClN3OS/c13-9-7-8(12(14)18)1-2-10(9)16-5-3-11(17)15-4-6-16/h1-2,7H,3-6H2,(H2,14,18)(H,15,17). The van der Waals surface area contributed by atoms with Gasteiger partial charge in [-0.15, -0.1) is 0 Å². The number of carbonyl (C=O) groups is 1. The molecule has 1 aliphatic rings. The smallest absolute Gasteiger partial charge is 0.221 e. The zero-order valence-corrected chi connectivity index (χ0v) is 11.4.